The molecule has 1 saturated carbocycles. The zero-order valence-corrected chi connectivity index (χ0v) is 11.6. The topological polar surface area (TPSA) is 54.5 Å². The van der Waals surface area contributed by atoms with E-state index in [0.29, 0.717) is 18.3 Å². The smallest absolute Gasteiger partial charge is 0.270 e. The Labute approximate surface area is 119 Å². The molecule has 2 N–H and O–H groups in total. The molecular formula is C15H20N4O. The molecule has 0 atom stereocenters. The molecule has 5 heteroatoms. The van der Waals surface area contributed by atoms with E-state index in [4.69, 9.17) is 12.2 Å². The Bertz CT molecular complexity index is 545. The predicted octanol–water partition coefficient (Wildman–Crippen LogP) is 0.796. The van der Waals surface area contributed by atoms with Crippen LogP contribution in [0.3, 0.4) is 0 Å². The lowest BCUT2D eigenvalue weighted by molar-refractivity contribution is 0.0641. The number of nitrogens with zero attached hydrogens (tertiary/aromatic N) is 3. The number of rotatable bonds is 3. The number of piperazine rings is 1. The van der Waals surface area contributed by atoms with Gasteiger partial charge in [0.1, 0.15) is 5.69 Å². The molecule has 1 aliphatic carbocycles. The molecule has 2 fully saturated rings. The highest BCUT2D eigenvalue weighted by molar-refractivity contribution is 5.94. The summed E-state index contributed by atoms with van der Waals surface area (Å²) in [7, 11) is 0. The average molecular weight is 272 g/mol. The van der Waals surface area contributed by atoms with Crippen LogP contribution in [0.15, 0.2) is 12.3 Å². The van der Waals surface area contributed by atoms with Gasteiger partial charge in [-0.15, -0.1) is 6.42 Å². The Morgan fingerprint density at radius 2 is 2.05 bits per heavy atom. The van der Waals surface area contributed by atoms with Crippen LogP contribution in [0.1, 0.15) is 29.4 Å². The third-order valence-electron chi connectivity index (χ3n) is 4.00. The number of hydrogen-bond acceptors (Lipinski definition) is 3. The first kappa shape index (κ1) is 13.1. The predicted molar refractivity (Wildman–Crippen MR) is 78.3 cm³/mol. The average Bonchev–Trinajstić information content (AvgIpc) is 3.22. The zero-order valence-electron chi connectivity index (χ0n) is 11.6. The molecule has 1 aromatic rings. The minimum Gasteiger partial charge on any atom is -0.397 e. The van der Waals surface area contributed by atoms with Crippen LogP contribution >= 0.6 is 0 Å². The van der Waals surface area contributed by atoms with Gasteiger partial charge in [0.15, 0.2) is 0 Å². The molecule has 20 heavy (non-hydrogen) atoms. The molecule has 0 aromatic carbocycles. The summed E-state index contributed by atoms with van der Waals surface area (Å²) in [5.74, 6) is 2.74. The molecule has 0 unspecified atom stereocenters. The fourth-order valence-corrected chi connectivity index (χ4v) is 2.73. The van der Waals surface area contributed by atoms with Gasteiger partial charge in [0.05, 0.1) is 12.2 Å². The monoisotopic (exact) mass is 272 g/mol. The molecule has 0 bridgehead atoms. The number of carbonyl (C=O) groups excluding carboxylic acids is 1. The second-order valence-corrected chi connectivity index (χ2v) is 5.57. The number of nitrogen functional groups attached to an aromatic ring is 1. The highest BCUT2D eigenvalue weighted by Gasteiger charge is 2.30. The third kappa shape index (κ3) is 2.52. The minimum atomic E-state index is 0.0916. The summed E-state index contributed by atoms with van der Waals surface area (Å²) in [5, 5.41) is 0. The molecule has 1 amide bonds. The van der Waals surface area contributed by atoms with Crippen molar-refractivity contribution in [2.45, 2.75) is 18.9 Å². The first-order chi connectivity index (χ1) is 9.69. The van der Waals surface area contributed by atoms with Crippen LogP contribution in [0.25, 0.3) is 0 Å². The van der Waals surface area contributed by atoms with Gasteiger partial charge >= 0.3 is 0 Å². The SMILES string of the molecule is C#CCN1CCN(C(=O)c2cc(N)cn2C2CC2)CC1. The Kier molecular flexibility index (Phi) is 3.41. The lowest BCUT2D eigenvalue weighted by atomic mass is 10.2. The molecule has 1 saturated heterocycles. The van der Waals surface area contributed by atoms with Crippen molar-refractivity contribution in [3.63, 3.8) is 0 Å². The van der Waals surface area contributed by atoms with Crippen molar-refractivity contribution in [1.29, 1.82) is 0 Å². The lowest BCUT2D eigenvalue weighted by Crippen LogP contribution is -2.49. The Balaban J connectivity index is 1.69. The van der Waals surface area contributed by atoms with Crippen LogP contribution in [0.4, 0.5) is 5.69 Å². The number of amides is 1. The Hall–Kier alpha value is -1.93. The van der Waals surface area contributed by atoms with E-state index in [1.54, 1.807) is 6.07 Å². The number of carbonyl (C=O) groups is 1. The number of nitrogens with two attached hydrogens (primary N) is 1. The fraction of sp³-hybridized carbons (Fsp3) is 0.533. The Morgan fingerprint density at radius 1 is 1.35 bits per heavy atom. The van der Waals surface area contributed by atoms with Gasteiger partial charge in [-0.1, -0.05) is 5.92 Å². The van der Waals surface area contributed by atoms with Crippen LogP contribution < -0.4 is 5.73 Å². The van der Waals surface area contributed by atoms with Gasteiger partial charge in [-0.25, -0.2) is 0 Å². The number of anilines is 1. The highest BCUT2D eigenvalue weighted by Crippen LogP contribution is 2.37. The third-order valence-corrected chi connectivity index (χ3v) is 4.00. The molecule has 2 aliphatic rings. The summed E-state index contributed by atoms with van der Waals surface area (Å²) in [4.78, 5) is 16.7. The molecule has 0 spiro atoms. The molecule has 3 rings (SSSR count). The van der Waals surface area contributed by atoms with Gasteiger partial charge < -0.3 is 15.2 Å². The van der Waals surface area contributed by atoms with Crippen molar-refractivity contribution in [3.8, 4) is 12.3 Å². The van der Waals surface area contributed by atoms with Crippen LogP contribution in [0.5, 0.6) is 0 Å². The first-order valence-corrected chi connectivity index (χ1v) is 7.11. The van der Waals surface area contributed by atoms with Crippen molar-refractivity contribution in [2.24, 2.45) is 0 Å². The molecular weight excluding hydrogens is 252 g/mol. The number of aromatic nitrogens is 1. The largest absolute Gasteiger partial charge is 0.397 e. The van der Waals surface area contributed by atoms with Crippen molar-refractivity contribution in [3.05, 3.63) is 18.0 Å². The standard InChI is InChI=1S/C15H20N4O/c1-2-5-17-6-8-18(9-7-17)15(20)14-10-12(16)11-19(14)13-3-4-13/h1,10-11,13H,3-9,16H2. The summed E-state index contributed by atoms with van der Waals surface area (Å²) in [6.45, 7) is 3.81. The molecule has 1 aliphatic heterocycles. The van der Waals surface area contributed by atoms with Crippen molar-refractivity contribution in [1.82, 2.24) is 14.4 Å². The van der Waals surface area contributed by atoms with E-state index in [1.165, 1.54) is 0 Å². The maximum absolute atomic E-state index is 12.6. The number of hydrogen-bond donors (Lipinski definition) is 1. The molecule has 106 valence electrons. The minimum absolute atomic E-state index is 0.0916. The normalized spacial score (nSPS) is 19.9. The summed E-state index contributed by atoms with van der Waals surface area (Å²) >= 11 is 0. The molecule has 1 aromatic heterocycles. The highest BCUT2D eigenvalue weighted by atomic mass is 16.2. The van der Waals surface area contributed by atoms with E-state index in [0.717, 1.165) is 44.7 Å². The quantitative estimate of drug-likeness (QED) is 0.828. The summed E-state index contributed by atoms with van der Waals surface area (Å²) in [6, 6.07) is 2.27. The van der Waals surface area contributed by atoms with Gasteiger partial charge in [0, 0.05) is 38.4 Å². The van der Waals surface area contributed by atoms with Gasteiger partial charge in [-0.2, -0.15) is 0 Å². The van der Waals surface area contributed by atoms with Crippen molar-refractivity contribution >= 4 is 11.6 Å². The second-order valence-electron chi connectivity index (χ2n) is 5.57. The van der Waals surface area contributed by atoms with Gasteiger partial charge in [-0.3, -0.25) is 9.69 Å². The lowest BCUT2D eigenvalue weighted by Gasteiger charge is -2.33. The van der Waals surface area contributed by atoms with Gasteiger partial charge in [0.25, 0.3) is 5.91 Å². The fourth-order valence-electron chi connectivity index (χ4n) is 2.73. The van der Waals surface area contributed by atoms with E-state index in [1.807, 2.05) is 15.7 Å². The van der Waals surface area contributed by atoms with Gasteiger partial charge in [-0.05, 0) is 18.9 Å². The molecule has 5 nitrogen and oxygen atoms in total. The summed E-state index contributed by atoms with van der Waals surface area (Å²) in [6.07, 6.45) is 9.49. The summed E-state index contributed by atoms with van der Waals surface area (Å²) in [5.41, 5.74) is 7.26. The van der Waals surface area contributed by atoms with Crippen LogP contribution in [-0.2, 0) is 0 Å². The molecule has 0 radical (unpaired) electrons. The maximum atomic E-state index is 12.6. The first-order valence-electron chi connectivity index (χ1n) is 7.11. The second kappa shape index (κ2) is 5.22. The van der Waals surface area contributed by atoms with E-state index >= 15 is 0 Å². The number of terminal acetylenes is 1. The zero-order chi connectivity index (χ0) is 14.1. The molecule has 2 heterocycles. The summed E-state index contributed by atoms with van der Waals surface area (Å²) < 4.78 is 2.05. The van der Waals surface area contributed by atoms with Crippen molar-refractivity contribution < 1.29 is 4.79 Å². The van der Waals surface area contributed by atoms with Crippen molar-refractivity contribution in [2.75, 3.05) is 38.5 Å². The van der Waals surface area contributed by atoms with E-state index in [9.17, 15) is 4.79 Å². The van der Waals surface area contributed by atoms with Crippen LogP contribution in [0.2, 0.25) is 0 Å². The maximum Gasteiger partial charge on any atom is 0.270 e. The van der Waals surface area contributed by atoms with E-state index in [2.05, 4.69) is 10.8 Å². The van der Waals surface area contributed by atoms with Gasteiger partial charge in [0.2, 0.25) is 0 Å². The van der Waals surface area contributed by atoms with Crippen LogP contribution in [0, 0.1) is 12.3 Å². The Morgan fingerprint density at radius 3 is 2.65 bits per heavy atom. The van der Waals surface area contributed by atoms with E-state index in [-0.39, 0.29) is 5.91 Å². The van der Waals surface area contributed by atoms with E-state index < -0.39 is 0 Å². The van der Waals surface area contributed by atoms with Crippen LogP contribution in [-0.4, -0.2) is 53.0 Å².